The molecule has 0 aliphatic carbocycles. The molecule has 0 amide bonds. The number of ether oxygens (including phenoxy) is 1. The number of nitrogens with one attached hydrogen (secondary N) is 4. The molecule has 1 aliphatic heterocycles. The third kappa shape index (κ3) is 12.0. The van der Waals surface area contributed by atoms with Crippen molar-refractivity contribution in [3.8, 4) is 5.75 Å². The smallest absolute Gasteiger partial charge is 0.373 e. The topological polar surface area (TPSA) is 253 Å². The number of azo groups is 2. The van der Waals surface area contributed by atoms with Crippen LogP contribution in [0.1, 0.15) is 11.1 Å². The van der Waals surface area contributed by atoms with Gasteiger partial charge < -0.3 is 15.4 Å². The van der Waals surface area contributed by atoms with Crippen LogP contribution in [0.5, 0.6) is 5.75 Å². The summed E-state index contributed by atoms with van der Waals surface area (Å²) in [5.74, 6) is 1.20. The maximum Gasteiger partial charge on any atom is 0.373 e. The maximum absolute atomic E-state index is 11.5. The molecule has 21 heteroatoms. The Morgan fingerprint density at radius 2 is 1.54 bits per heavy atom. The Morgan fingerprint density at radius 1 is 0.842 bits per heavy atom. The van der Waals surface area contributed by atoms with Gasteiger partial charge in [0.25, 0.3) is 10.1 Å². The van der Waals surface area contributed by atoms with Gasteiger partial charge in [-0.25, -0.2) is 9.78 Å². The van der Waals surface area contributed by atoms with Gasteiger partial charge in [0.05, 0.1) is 41.3 Å². The Kier molecular flexibility index (Phi) is 14.0. The van der Waals surface area contributed by atoms with Crippen LogP contribution in [0.15, 0.2) is 117 Å². The number of benzene rings is 4. The molecule has 1 saturated heterocycles. The van der Waals surface area contributed by atoms with Gasteiger partial charge in [-0.15, -0.1) is 9.79 Å². The third-order valence-corrected chi connectivity index (χ3v) is 9.23. The van der Waals surface area contributed by atoms with Crippen molar-refractivity contribution in [2.24, 2.45) is 20.5 Å². The van der Waals surface area contributed by atoms with Crippen LogP contribution in [-0.4, -0.2) is 84.7 Å². The van der Waals surface area contributed by atoms with E-state index in [1.807, 2.05) is 12.1 Å². The van der Waals surface area contributed by atoms with Crippen molar-refractivity contribution in [2.45, 2.75) is 18.1 Å². The minimum absolute atomic E-state index is 0.0635. The van der Waals surface area contributed by atoms with Gasteiger partial charge in [-0.2, -0.15) is 23.8 Å². The van der Waals surface area contributed by atoms with Crippen molar-refractivity contribution in [2.75, 3.05) is 62.4 Å². The highest BCUT2D eigenvalue weighted by atomic mass is 32.2. The Balaban J connectivity index is 1.17. The lowest BCUT2D eigenvalue weighted by molar-refractivity contribution is -0.634. The summed E-state index contributed by atoms with van der Waals surface area (Å²) in [6.45, 7) is 5.07. The van der Waals surface area contributed by atoms with E-state index in [1.54, 1.807) is 65.6 Å². The van der Waals surface area contributed by atoms with Crippen LogP contribution >= 0.6 is 0 Å². The van der Waals surface area contributed by atoms with Gasteiger partial charge in [0, 0.05) is 44.5 Å². The normalized spacial score (nSPS) is 13.6. The van der Waals surface area contributed by atoms with Crippen LogP contribution in [0.4, 0.5) is 46.0 Å². The van der Waals surface area contributed by atoms with Gasteiger partial charge >= 0.3 is 11.9 Å². The Hall–Kier alpha value is -6.04. The molecule has 5 aromatic rings. The van der Waals surface area contributed by atoms with E-state index in [4.69, 9.17) is 20.2 Å². The molecular weight excluding hydrogens is 761 g/mol. The summed E-state index contributed by atoms with van der Waals surface area (Å²) in [6.07, 6.45) is 1.58. The van der Waals surface area contributed by atoms with Crippen LogP contribution < -0.4 is 30.8 Å². The van der Waals surface area contributed by atoms with E-state index in [0.717, 1.165) is 32.7 Å². The summed E-state index contributed by atoms with van der Waals surface area (Å²) in [5.41, 5.74) is 7.52. The Morgan fingerprint density at radius 3 is 2.25 bits per heavy atom. The van der Waals surface area contributed by atoms with Gasteiger partial charge in [0.15, 0.2) is 0 Å². The number of nitrogens with zero attached hydrogens (tertiary/aromatic N) is 8. The molecule has 20 nitrogen and oxygen atoms in total. The quantitative estimate of drug-likeness (QED) is 0.0183. The van der Waals surface area contributed by atoms with E-state index < -0.39 is 10.1 Å². The van der Waals surface area contributed by atoms with Gasteiger partial charge in [0.1, 0.15) is 24.7 Å². The van der Waals surface area contributed by atoms with Crippen LogP contribution in [0.3, 0.4) is 0 Å². The fraction of sp³-hybridized carbons (Fsp3) is 0.250. The van der Waals surface area contributed by atoms with E-state index >= 15 is 0 Å². The van der Waals surface area contributed by atoms with Crippen LogP contribution in [0.25, 0.3) is 0 Å². The standard InChI is InChI=1S/C36H40N12O8S/c1-54-34-21-30(9-10-33(34)45-43-29-3-2-4-32(20-29)57(51,52)53)46-48-24-39-35(41-36(48)38-13-16-47-14-11-37-12-15-47)40-27-5-7-28(8-6-27)42-44-31-18-25(22-55-49)17-26(19-31)23-56-50/h2-10,17-21,24,37H,11-16,22-23H2,1H3,(H5,38,40,41,43,44,46,49,50,51,52,53)/p+1. The number of aromatic nitrogens is 3. The zero-order valence-corrected chi connectivity index (χ0v) is 31.5. The summed E-state index contributed by atoms with van der Waals surface area (Å²) in [5, 5.41) is 44.6. The molecule has 0 spiro atoms. The summed E-state index contributed by atoms with van der Waals surface area (Å²) < 4.78 is 39.6. The highest BCUT2D eigenvalue weighted by Crippen LogP contribution is 2.32. The molecule has 298 valence electrons. The molecule has 0 saturated carbocycles. The van der Waals surface area contributed by atoms with E-state index in [2.05, 4.69) is 61.5 Å². The largest absolute Gasteiger partial charge is 0.494 e. The molecule has 6 rings (SSSR count). The molecule has 1 fully saturated rings. The van der Waals surface area contributed by atoms with Crippen LogP contribution in [-0.2, 0) is 33.1 Å². The molecule has 2 heterocycles. The number of rotatable bonds is 18. The van der Waals surface area contributed by atoms with Gasteiger partial charge in [-0.3, -0.25) is 30.7 Å². The minimum Gasteiger partial charge on any atom is -0.494 e. The maximum atomic E-state index is 11.5. The van der Waals surface area contributed by atoms with Crippen molar-refractivity contribution in [3.63, 3.8) is 0 Å². The van der Waals surface area contributed by atoms with Gasteiger partial charge in [-0.1, -0.05) is 22.1 Å². The molecule has 0 radical (unpaired) electrons. The molecule has 1 aromatic heterocycles. The Labute approximate surface area is 327 Å². The molecule has 1 aliphatic rings. The number of methoxy groups -OCH3 is 1. The van der Waals surface area contributed by atoms with Crippen molar-refractivity contribution in [1.29, 1.82) is 0 Å². The van der Waals surface area contributed by atoms with Crippen LogP contribution in [0.2, 0.25) is 0 Å². The van der Waals surface area contributed by atoms with Gasteiger partial charge in [0.2, 0.25) is 6.33 Å². The highest BCUT2D eigenvalue weighted by molar-refractivity contribution is 7.85. The van der Waals surface area contributed by atoms with Crippen molar-refractivity contribution in [3.05, 3.63) is 102 Å². The van der Waals surface area contributed by atoms with E-state index in [1.165, 1.54) is 25.3 Å². The van der Waals surface area contributed by atoms with Crippen LogP contribution in [0, 0.1) is 0 Å². The monoisotopic (exact) mass is 801 g/mol. The lowest BCUT2D eigenvalue weighted by Crippen LogP contribution is -2.48. The minimum atomic E-state index is -4.39. The first-order valence-corrected chi connectivity index (χ1v) is 19.0. The van der Waals surface area contributed by atoms with Crippen molar-refractivity contribution < 1.29 is 42.7 Å². The molecular formula is C36H41N12O8S+. The van der Waals surface area contributed by atoms with E-state index in [9.17, 15) is 13.0 Å². The molecule has 0 bridgehead atoms. The fourth-order valence-electron chi connectivity index (χ4n) is 5.64. The number of anilines is 4. The molecule has 57 heavy (non-hydrogen) atoms. The summed E-state index contributed by atoms with van der Waals surface area (Å²) in [6, 6.07) is 22.9. The van der Waals surface area contributed by atoms with E-state index in [-0.39, 0.29) is 23.8 Å². The van der Waals surface area contributed by atoms with Crippen molar-refractivity contribution >= 4 is 56.1 Å². The summed E-state index contributed by atoms with van der Waals surface area (Å²) in [4.78, 5) is 19.8. The molecule has 0 unspecified atom stereocenters. The zero-order valence-electron chi connectivity index (χ0n) is 30.7. The molecule has 4 aromatic carbocycles. The molecule has 0 atom stereocenters. The average Bonchev–Trinajstić information content (AvgIpc) is 3.21. The highest BCUT2D eigenvalue weighted by Gasteiger charge is 2.18. The molecule has 7 N–H and O–H groups in total. The first-order chi connectivity index (χ1) is 27.7. The second-order valence-electron chi connectivity index (χ2n) is 12.5. The lowest BCUT2D eigenvalue weighted by atomic mass is 10.1. The summed E-state index contributed by atoms with van der Waals surface area (Å²) in [7, 11) is -2.90. The second kappa shape index (κ2) is 19.7. The Bertz CT molecular complexity index is 2270. The number of hydrogen-bond acceptors (Lipinski definition) is 18. The van der Waals surface area contributed by atoms with Gasteiger partial charge in [-0.05, 0) is 77.9 Å². The predicted octanol–water partition coefficient (Wildman–Crippen LogP) is 5.77. The number of hydrogen-bond donors (Lipinski definition) is 7. The lowest BCUT2D eigenvalue weighted by Gasteiger charge is -2.26. The SMILES string of the molecule is COc1cc(N[n+]2cnc(Nc3ccc(N=Nc4cc(COO)cc(COO)c4)cc3)nc2NCCN2CCNCC2)ccc1N=Nc1cccc(S(=O)(=O)O)c1. The fourth-order valence-corrected chi connectivity index (χ4v) is 6.16. The number of piperazine rings is 1. The summed E-state index contributed by atoms with van der Waals surface area (Å²) >= 11 is 0. The first-order valence-electron chi connectivity index (χ1n) is 17.5. The third-order valence-electron chi connectivity index (χ3n) is 8.38. The van der Waals surface area contributed by atoms with E-state index in [0.29, 0.717) is 63.8 Å². The second-order valence-corrected chi connectivity index (χ2v) is 13.9. The van der Waals surface area contributed by atoms with Crippen molar-refractivity contribution in [1.82, 2.24) is 20.2 Å². The predicted molar refractivity (Wildman–Crippen MR) is 208 cm³/mol. The zero-order chi connectivity index (χ0) is 40.0. The average molecular weight is 802 g/mol. The first kappa shape index (κ1) is 40.6.